The van der Waals surface area contributed by atoms with Gasteiger partial charge in [0, 0.05) is 19.0 Å². The summed E-state index contributed by atoms with van der Waals surface area (Å²) in [7, 11) is 0. The topological polar surface area (TPSA) is 62.1 Å². The van der Waals surface area contributed by atoms with Crippen LogP contribution in [-0.4, -0.2) is 35.0 Å². The molecular weight excluding hydrogens is 256 g/mol. The first kappa shape index (κ1) is 14.4. The van der Waals surface area contributed by atoms with Gasteiger partial charge < -0.3 is 14.8 Å². The Balaban J connectivity index is 1.77. The van der Waals surface area contributed by atoms with E-state index >= 15 is 0 Å². The van der Waals surface area contributed by atoms with Gasteiger partial charge in [0.05, 0.1) is 5.71 Å². The normalized spacial score (nSPS) is 17.1. The predicted octanol–water partition coefficient (Wildman–Crippen LogP) is 2.89. The molecule has 1 aromatic carbocycles. The summed E-state index contributed by atoms with van der Waals surface area (Å²) in [6.45, 7) is 3.40. The minimum atomic E-state index is -0.272. The van der Waals surface area contributed by atoms with Crippen LogP contribution < -0.4 is 0 Å². The monoisotopic (exact) mass is 276 g/mol. The first-order chi connectivity index (χ1) is 9.70. The standard InChI is InChI=1S/C15H20N2O3/c1-12(16-19)14-7-9-17(10-8-14)15(18)20-11-13-5-3-2-4-6-13/h2-6,14,19H,7-11H2,1H3. The average Bonchev–Trinajstić information content (AvgIpc) is 2.53. The van der Waals surface area contributed by atoms with Crippen LogP contribution in [-0.2, 0) is 11.3 Å². The second-order valence-electron chi connectivity index (χ2n) is 5.04. The number of rotatable bonds is 3. The molecule has 1 N–H and O–H groups in total. The Morgan fingerprint density at radius 3 is 2.60 bits per heavy atom. The number of amides is 1. The Hall–Kier alpha value is -2.04. The van der Waals surface area contributed by atoms with Crippen LogP contribution in [0, 0.1) is 5.92 Å². The molecule has 0 spiro atoms. The third-order valence-electron chi connectivity index (χ3n) is 3.71. The number of carbonyl (C=O) groups is 1. The molecule has 0 bridgehead atoms. The lowest BCUT2D eigenvalue weighted by atomic mass is 9.93. The Bertz CT molecular complexity index is 465. The molecule has 1 saturated heterocycles. The van der Waals surface area contributed by atoms with E-state index in [1.54, 1.807) is 4.90 Å². The van der Waals surface area contributed by atoms with Crippen molar-refractivity contribution in [2.75, 3.05) is 13.1 Å². The molecule has 108 valence electrons. The van der Waals surface area contributed by atoms with Crippen LogP contribution in [0.4, 0.5) is 4.79 Å². The summed E-state index contributed by atoms with van der Waals surface area (Å²) >= 11 is 0. The van der Waals surface area contributed by atoms with Crippen molar-refractivity contribution in [1.82, 2.24) is 4.90 Å². The van der Waals surface area contributed by atoms with Gasteiger partial charge in [0.25, 0.3) is 0 Å². The first-order valence-electron chi connectivity index (χ1n) is 6.85. The number of nitrogens with zero attached hydrogens (tertiary/aromatic N) is 2. The fourth-order valence-corrected chi connectivity index (χ4v) is 2.37. The molecule has 1 amide bonds. The molecule has 0 radical (unpaired) electrons. The van der Waals surface area contributed by atoms with Crippen molar-refractivity contribution in [3.8, 4) is 0 Å². The summed E-state index contributed by atoms with van der Waals surface area (Å²) in [5.74, 6) is 0.262. The molecule has 5 heteroatoms. The Morgan fingerprint density at radius 2 is 2.00 bits per heavy atom. The molecule has 0 aromatic heterocycles. The lowest BCUT2D eigenvalue weighted by molar-refractivity contribution is 0.0862. The summed E-state index contributed by atoms with van der Waals surface area (Å²) in [6.07, 6.45) is 1.36. The number of piperidine rings is 1. The maximum atomic E-state index is 11.9. The number of ether oxygens (including phenoxy) is 1. The van der Waals surface area contributed by atoms with Gasteiger partial charge in [-0.15, -0.1) is 0 Å². The zero-order valence-corrected chi connectivity index (χ0v) is 11.7. The van der Waals surface area contributed by atoms with Gasteiger partial charge in [0.1, 0.15) is 6.61 Å². The van der Waals surface area contributed by atoms with Gasteiger partial charge >= 0.3 is 6.09 Å². The second kappa shape index (κ2) is 6.93. The zero-order chi connectivity index (χ0) is 14.4. The van der Waals surface area contributed by atoms with Crippen LogP contribution in [0.25, 0.3) is 0 Å². The highest BCUT2D eigenvalue weighted by Gasteiger charge is 2.25. The van der Waals surface area contributed by atoms with Crippen molar-refractivity contribution in [3.05, 3.63) is 35.9 Å². The Morgan fingerprint density at radius 1 is 1.35 bits per heavy atom. The van der Waals surface area contributed by atoms with Crippen molar-refractivity contribution >= 4 is 11.8 Å². The number of hydrogen-bond acceptors (Lipinski definition) is 4. The molecule has 0 atom stereocenters. The molecule has 1 aliphatic rings. The third-order valence-corrected chi connectivity index (χ3v) is 3.71. The highest BCUT2D eigenvalue weighted by Crippen LogP contribution is 2.19. The van der Waals surface area contributed by atoms with E-state index < -0.39 is 0 Å². The molecule has 1 aromatic rings. The summed E-state index contributed by atoms with van der Waals surface area (Å²) in [5, 5.41) is 12.0. The van der Waals surface area contributed by atoms with Crippen LogP contribution in [0.2, 0.25) is 0 Å². The smallest absolute Gasteiger partial charge is 0.410 e. The van der Waals surface area contributed by atoms with Crippen molar-refractivity contribution in [1.29, 1.82) is 0 Å². The van der Waals surface area contributed by atoms with E-state index in [4.69, 9.17) is 9.94 Å². The van der Waals surface area contributed by atoms with E-state index in [0.29, 0.717) is 19.7 Å². The van der Waals surface area contributed by atoms with Gasteiger partial charge in [-0.2, -0.15) is 0 Å². The molecular formula is C15H20N2O3. The minimum Gasteiger partial charge on any atom is -0.445 e. The first-order valence-corrected chi connectivity index (χ1v) is 6.85. The van der Waals surface area contributed by atoms with Crippen molar-refractivity contribution in [2.45, 2.75) is 26.4 Å². The lowest BCUT2D eigenvalue weighted by Crippen LogP contribution is -2.40. The number of oxime groups is 1. The highest BCUT2D eigenvalue weighted by atomic mass is 16.6. The van der Waals surface area contributed by atoms with Crippen LogP contribution in [0.5, 0.6) is 0 Å². The second-order valence-corrected chi connectivity index (χ2v) is 5.04. The van der Waals surface area contributed by atoms with Gasteiger partial charge in [-0.1, -0.05) is 35.5 Å². The molecule has 5 nitrogen and oxygen atoms in total. The minimum absolute atomic E-state index is 0.262. The summed E-state index contributed by atoms with van der Waals surface area (Å²) in [5.41, 5.74) is 1.72. The largest absolute Gasteiger partial charge is 0.445 e. The summed E-state index contributed by atoms with van der Waals surface area (Å²) in [6, 6.07) is 9.64. The molecule has 20 heavy (non-hydrogen) atoms. The fourth-order valence-electron chi connectivity index (χ4n) is 2.37. The number of carbonyl (C=O) groups excluding carboxylic acids is 1. The number of hydrogen-bond donors (Lipinski definition) is 1. The molecule has 1 aliphatic heterocycles. The fraction of sp³-hybridized carbons (Fsp3) is 0.467. The van der Waals surface area contributed by atoms with Crippen molar-refractivity contribution < 1.29 is 14.7 Å². The lowest BCUT2D eigenvalue weighted by Gasteiger charge is -2.30. The van der Waals surface area contributed by atoms with Crippen molar-refractivity contribution in [2.24, 2.45) is 11.1 Å². The van der Waals surface area contributed by atoms with Gasteiger partial charge in [-0.25, -0.2) is 4.79 Å². The Kier molecular flexibility index (Phi) is 4.98. The average molecular weight is 276 g/mol. The van der Waals surface area contributed by atoms with Gasteiger partial charge in [-0.05, 0) is 25.3 Å². The number of benzene rings is 1. The van der Waals surface area contributed by atoms with Crippen LogP contribution in [0.1, 0.15) is 25.3 Å². The molecule has 0 aliphatic carbocycles. The molecule has 1 fully saturated rings. The maximum Gasteiger partial charge on any atom is 0.410 e. The van der Waals surface area contributed by atoms with E-state index in [9.17, 15) is 4.79 Å². The van der Waals surface area contributed by atoms with Gasteiger partial charge in [0.15, 0.2) is 0 Å². The maximum absolute atomic E-state index is 11.9. The molecule has 1 heterocycles. The highest BCUT2D eigenvalue weighted by molar-refractivity contribution is 5.84. The number of likely N-dealkylation sites (tertiary alicyclic amines) is 1. The quantitative estimate of drug-likeness (QED) is 0.524. The van der Waals surface area contributed by atoms with E-state index in [1.807, 2.05) is 37.3 Å². The summed E-state index contributed by atoms with van der Waals surface area (Å²) in [4.78, 5) is 13.7. The van der Waals surface area contributed by atoms with Crippen molar-refractivity contribution in [3.63, 3.8) is 0 Å². The SMILES string of the molecule is CC(=NO)C1CCN(C(=O)OCc2ccccc2)CC1. The van der Waals surface area contributed by atoms with Crippen LogP contribution in [0.3, 0.4) is 0 Å². The van der Waals surface area contributed by atoms with Gasteiger partial charge in [0.2, 0.25) is 0 Å². The van der Waals surface area contributed by atoms with E-state index in [0.717, 1.165) is 24.1 Å². The third kappa shape index (κ3) is 3.73. The molecule has 0 unspecified atom stereocenters. The van der Waals surface area contributed by atoms with E-state index in [-0.39, 0.29) is 12.0 Å². The Labute approximate surface area is 118 Å². The van der Waals surface area contributed by atoms with Crippen LogP contribution in [0.15, 0.2) is 35.5 Å². The predicted molar refractivity (Wildman–Crippen MR) is 75.8 cm³/mol. The van der Waals surface area contributed by atoms with Gasteiger partial charge in [-0.3, -0.25) is 0 Å². The van der Waals surface area contributed by atoms with Crippen LogP contribution >= 0.6 is 0 Å². The summed E-state index contributed by atoms with van der Waals surface area (Å²) < 4.78 is 5.30. The van der Waals surface area contributed by atoms with E-state index in [2.05, 4.69) is 5.16 Å². The molecule has 2 rings (SSSR count). The van der Waals surface area contributed by atoms with E-state index in [1.165, 1.54) is 0 Å². The molecule has 0 saturated carbocycles. The zero-order valence-electron chi connectivity index (χ0n) is 11.7.